The quantitative estimate of drug-likeness (QED) is 0.661. The van der Waals surface area contributed by atoms with Gasteiger partial charge in [-0.3, -0.25) is 0 Å². The summed E-state index contributed by atoms with van der Waals surface area (Å²) >= 11 is 0. The first-order valence-corrected chi connectivity index (χ1v) is 5.42. The van der Waals surface area contributed by atoms with Crippen molar-refractivity contribution >= 4 is 0 Å². The molecule has 0 rings (SSSR count). The molecule has 0 radical (unpaired) electrons. The van der Waals surface area contributed by atoms with Crippen LogP contribution in [0.25, 0.3) is 0 Å². The molecule has 2 unspecified atom stereocenters. The van der Waals surface area contributed by atoms with Crippen LogP contribution in [0.2, 0.25) is 0 Å². The van der Waals surface area contributed by atoms with Crippen LogP contribution in [-0.4, -0.2) is 25.3 Å². The fourth-order valence-corrected chi connectivity index (χ4v) is 1.12. The largest absolute Gasteiger partial charge is 0.377 e. The Bertz CT molecular complexity index is 115. The Morgan fingerprint density at radius 3 is 2.23 bits per heavy atom. The van der Waals surface area contributed by atoms with E-state index in [-0.39, 0.29) is 0 Å². The van der Waals surface area contributed by atoms with E-state index in [1.807, 2.05) is 0 Å². The highest BCUT2D eigenvalue weighted by molar-refractivity contribution is 4.67. The van der Waals surface area contributed by atoms with E-state index in [0.29, 0.717) is 12.1 Å². The van der Waals surface area contributed by atoms with Gasteiger partial charge in [-0.1, -0.05) is 20.8 Å². The van der Waals surface area contributed by atoms with Crippen molar-refractivity contribution in [2.24, 2.45) is 5.92 Å². The van der Waals surface area contributed by atoms with Crippen LogP contribution in [-0.2, 0) is 4.74 Å². The van der Waals surface area contributed by atoms with Gasteiger partial charge in [-0.25, -0.2) is 0 Å². The summed E-state index contributed by atoms with van der Waals surface area (Å²) in [6, 6.07) is 0.456. The minimum atomic E-state index is 0.318. The summed E-state index contributed by atoms with van der Waals surface area (Å²) in [4.78, 5) is 0. The Kier molecular flexibility index (Phi) is 7.29. The average Bonchev–Trinajstić information content (AvgIpc) is 2.04. The van der Waals surface area contributed by atoms with Crippen molar-refractivity contribution in [1.29, 1.82) is 0 Å². The van der Waals surface area contributed by atoms with Crippen LogP contribution < -0.4 is 5.32 Å². The van der Waals surface area contributed by atoms with Gasteiger partial charge in [0.05, 0.1) is 6.10 Å². The van der Waals surface area contributed by atoms with Crippen molar-refractivity contribution in [3.63, 3.8) is 0 Å². The number of likely N-dealkylation sites (N-methyl/N-ethyl adjacent to an activating group) is 1. The molecule has 2 nitrogen and oxygen atoms in total. The van der Waals surface area contributed by atoms with Gasteiger partial charge in [0.1, 0.15) is 0 Å². The maximum absolute atomic E-state index is 5.70. The number of hydrogen-bond acceptors (Lipinski definition) is 2. The van der Waals surface area contributed by atoms with Crippen molar-refractivity contribution in [1.82, 2.24) is 5.32 Å². The van der Waals surface area contributed by atoms with Crippen molar-refractivity contribution in [2.45, 2.75) is 53.2 Å². The van der Waals surface area contributed by atoms with E-state index < -0.39 is 0 Å². The average molecular weight is 187 g/mol. The molecule has 0 heterocycles. The van der Waals surface area contributed by atoms with Gasteiger partial charge in [-0.15, -0.1) is 0 Å². The van der Waals surface area contributed by atoms with Gasteiger partial charge in [0.25, 0.3) is 0 Å². The smallest absolute Gasteiger partial charge is 0.0697 e. The predicted octanol–water partition coefficient (Wildman–Crippen LogP) is 2.44. The molecule has 1 N–H and O–H groups in total. The van der Waals surface area contributed by atoms with E-state index in [0.717, 1.165) is 25.5 Å². The molecule has 0 saturated heterocycles. The molecule has 0 aromatic heterocycles. The molecule has 0 bridgehead atoms. The molecular formula is C11H25NO. The van der Waals surface area contributed by atoms with Crippen molar-refractivity contribution in [3.8, 4) is 0 Å². The van der Waals surface area contributed by atoms with Gasteiger partial charge in [-0.2, -0.15) is 0 Å². The molecule has 2 atom stereocenters. The van der Waals surface area contributed by atoms with Crippen molar-refractivity contribution < 1.29 is 4.74 Å². The van der Waals surface area contributed by atoms with E-state index in [9.17, 15) is 0 Å². The van der Waals surface area contributed by atoms with E-state index in [1.54, 1.807) is 0 Å². The molecule has 13 heavy (non-hydrogen) atoms. The van der Waals surface area contributed by atoms with Gasteiger partial charge >= 0.3 is 0 Å². The summed E-state index contributed by atoms with van der Waals surface area (Å²) in [6.45, 7) is 12.8. The van der Waals surface area contributed by atoms with E-state index in [2.05, 4.69) is 39.9 Å². The molecule has 0 amide bonds. The fraction of sp³-hybridized carbons (Fsp3) is 1.00. The Labute approximate surface area is 83.1 Å². The highest BCUT2D eigenvalue weighted by atomic mass is 16.5. The summed E-state index contributed by atoms with van der Waals surface area (Å²) in [5.41, 5.74) is 0. The lowest BCUT2D eigenvalue weighted by molar-refractivity contribution is 0.0376. The lowest BCUT2D eigenvalue weighted by Crippen LogP contribution is -2.37. The Balaban J connectivity index is 3.43. The zero-order valence-corrected chi connectivity index (χ0v) is 9.76. The van der Waals surface area contributed by atoms with Crippen LogP contribution in [0.4, 0.5) is 0 Å². The highest BCUT2D eigenvalue weighted by Crippen LogP contribution is 2.03. The van der Waals surface area contributed by atoms with E-state index in [4.69, 9.17) is 4.74 Å². The molecule has 0 aromatic rings. The summed E-state index contributed by atoms with van der Waals surface area (Å²) in [6.07, 6.45) is 1.47. The molecule has 0 spiro atoms. The first-order chi connectivity index (χ1) is 6.07. The van der Waals surface area contributed by atoms with Crippen molar-refractivity contribution in [2.75, 3.05) is 13.2 Å². The Morgan fingerprint density at radius 2 is 1.77 bits per heavy atom. The first kappa shape index (κ1) is 12.9. The number of nitrogens with one attached hydrogen (secondary N) is 1. The van der Waals surface area contributed by atoms with Crippen LogP contribution in [0, 0.1) is 5.92 Å². The van der Waals surface area contributed by atoms with Gasteiger partial charge in [0, 0.05) is 12.6 Å². The third-order valence-corrected chi connectivity index (χ3v) is 2.31. The van der Waals surface area contributed by atoms with E-state index >= 15 is 0 Å². The van der Waals surface area contributed by atoms with Crippen molar-refractivity contribution in [3.05, 3.63) is 0 Å². The molecule has 2 heteroatoms. The second-order valence-electron chi connectivity index (χ2n) is 4.10. The SMILES string of the molecule is CCNC(C)C(C)OCCC(C)C. The van der Waals surface area contributed by atoms with Crippen LogP contribution in [0.1, 0.15) is 41.0 Å². The molecular weight excluding hydrogens is 162 g/mol. The third-order valence-electron chi connectivity index (χ3n) is 2.31. The van der Waals surface area contributed by atoms with Gasteiger partial charge in [0.2, 0.25) is 0 Å². The van der Waals surface area contributed by atoms with Crippen LogP contribution in [0.3, 0.4) is 0 Å². The second kappa shape index (κ2) is 7.34. The lowest BCUT2D eigenvalue weighted by atomic mass is 10.1. The Hall–Kier alpha value is -0.0800. The second-order valence-corrected chi connectivity index (χ2v) is 4.10. The molecule has 0 fully saturated rings. The monoisotopic (exact) mass is 187 g/mol. The maximum atomic E-state index is 5.70. The summed E-state index contributed by atoms with van der Waals surface area (Å²) < 4.78 is 5.70. The standard InChI is InChI=1S/C11H25NO/c1-6-12-10(4)11(5)13-8-7-9(2)3/h9-12H,6-8H2,1-5H3. The Morgan fingerprint density at radius 1 is 1.15 bits per heavy atom. The lowest BCUT2D eigenvalue weighted by Gasteiger charge is -2.21. The van der Waals surface area contributed by atoms with Crippen LogP contribution >= 0.6 is 0 Å². The zero-order valence-electron chi connectivity index (χ0n) is 9.76. The normalized spacial score (nSPS) is 16.2. The number of hydrogen-bond donors (Lipinski definition) is 1. The number of ether oxygens (including phenoxy) is 1. The highest BCUT2D eigenvalue weighted by Gasteiger charge is 2.10. The molecule has 80 valence electrons. The van der Waals surface area contributed by atoms with Crippen LogP contribution in [0.5, 0.6) is 0 Å². The molecule has 0 aromatic carbocycles. The molecule has 0 aliphatic rings. The minimum absolute atomic E-state index is 0.318. The maximum Gasteiger partial charge on any atom is 0.0697 e. The molecule has 0 saturated carbocycles. The summed E-state index contributed by atoms with van der Waals surface area (Å²) in [7, 11) is 0. The molecule has 0 aliphatic heterocycles. The summed E-state index contributed by atoms with van der Waals surface area (Å²) in [5, 5.41) is 3.36. The zero-order chi connectivity index (χ0) is 10.3. The minimum Gasteiger partial charge on any atom is -0.377 e. The van der Waals surface area contributed by atoms with Gasteiger partial charge in [0.15, 0.2) is 0 Å². The third kappa shape index (κ3) is 7.03. The first-order valence-electron chi connectivity index (χ1n) is 5.42. The van der Waals surface area contributed by atoms with Gasteiger partial charge < -0.3 is 10.1 Å². The van der Waals surface area contributed by atoms with E-state index in [1.165, 1.54) is 0 Å². The number of rotatable bonds is 7. The molecule has 0 aliphatic carbocycles. The van der Waals surface area contributed by atoms with Gasteiger partial charge in [-0.05, 0) is 32.7 Å². The predicted molar refractivity (Wildman–Crippen MR) is 58.0 cm³/mol. The fourth-order valence-electron chi connectivity index (χ4n) is 1.12. The topological polar surface area (TPSA) is 21.3 Å². The summed E-state index contributed by atoms with van der Waals surface area (Å²) in [5.74, 6) is 0.738. The van der Waals surface area contributed by atoms with Crippen LogP contribution in [0.15, 0.2) is 0 Å².